The van der Waals surface area contributed by atoms with Gasteiger partial charge in [0, 0.05) is 12.6 Å². The van der Waals surface area contributed by atoms with Crippen molar-refractivity contribution in [2.45, 2.75) is 55.9 Å². The fraction of sp³-hybridized carbons (Fsp3) is 0.520. The Labute approximate surface area is 163 Å². The highest BCUT2D eigenvalue weighted by atomic mass is 16.5. The lowest BCUT2D eigenvalue weighted by Gasteiger charge is -2.51. The molecule has 1 saturated heterocycles. The molecular weight excluding hydrogens is 330 g/mol. The van der Waals surface area contributed by atoms with E-state index in [4.69, 9.17) is 4.74 Å². The standard InChI is InChI=1S/C25H31NO/c1-27-23-11-5-9-21(16-23)25-12-6-10-22(17-25)26(14-13-25)18-20-15-24(20)19-7-3-2-4-8-19/h2-5,7-9,11,16,20,22,24H,6,10,12-15,17-18H2,1H3/t20-,22-,24+,25+/m1/s1. The molecule has 2 saturated carbocycles. The van der Waals surface area contributed by atoms with Gasteiger partial charge in [0.25, 0.3) is 0 Å². The summed E-state index contributed by atoms with van der Waals surface area (Å²) in [6.07, 6.45) is 8.12. The van der Waals surface area contributed by atoms with Crippen LogP contribution in [0.25, 0.3) is 0 Å². The van der Waals surface area contributed by atoms with E-state index in [0.29, 0.717) is 5.41 Å². The van der Waals surface area contributed by atoms with Crippen molar-refractivity contribution in [3.05, 3.63) is 65.7 Å². The summed E-state index contributed by atoms with van der Waals surface area (Å²) >= 11 is 0. The maximum absolute atomic E-state index is 5.51. The van der Waals surface area contributed by atoms with E-state index >= 15 is 0 Å². The minimum atomic E-state index is 0.385. The predicted octanol–water partition coefficient (Wildman–Crippen LogP) is 5.39. The van der Waals surface area contributed by atoms with Crippen LogP contribution in [0.4, 0.5) is 0 Å². The molecule has 0 amide bonds. The van der Waals surface area contributed by atoms with E-state index in [1.54, 1.807) is 12.7 Å². The molecule has 1 heterocycles. The molecule has 4 atom stereocenters. The Morgan fingerprint density at radius 3 is 2.81 bits per heavy atom. The van der Waals surface area contributed by atoms with Crippen molar-refractivity contribution in [2.24, 2.45) is 5.92 Å². The first-order chi connectivity index (χ1) is 13.3. The molecule has 2 aromatic rings. The number of benzene rings is 2. The lowest BCUT2D eigenvalue weighted by atomic mass is 9.63. The number of ether oxygens (including phenoxy) is 1. The summed E-state index contributed by atoms with van der Waals surface area (Å²) in [4.78, 5) is 2.84. The van der Waals surface area contributed by atoms with E-state index in [0.717, 1.165) is 23.6 Å². The van der Waals surface area contributed by atoms with Crippen molar-refractivity contribution in [1.29, 1.82) is 0 Å². The van der Waals surface area contributed by atoms with E-state index in [9.17, 15) is 0 Å². The van der Waals surface area contributed by atoms with Gasteiger partial charge in [-0.2, -0.15) is 0 Å². The zero-order valence-corrected chi connectivity index (χ0v) is 16.4. The second kappa shape index (κ2) is 6.98. The zero-order chi connectivity index (χ0) is 18.3. The van der Waals surface area contributed by atoms with Gasteiger partial charge in [-0.3, -0.25) is 0 Å². The third-order valence-electron chi connectivity index (χ3n) is 7.51. The summed E-state index contributed by atoms with van der Waals surface area (Å²) in [5, 5.41) is 0. The Balaban J connectivity index is 1.27. The van der Waals surface area contributed by atoms with Crippen LogP contribution in [0.3, 0.4) is 0 Å². The van der Waals surface area contributed by atoms with E-state index in [1.165, 1.54) is 57.2 Å². The molecule has 0 N–H and O–H groups in total. The van der Waals surface area contributed by atoms with Crippen molar-refractivity contribution in [3.63, 3.8) is 0 Å². The van der Waals surface area contributed by atoms with Crippen molar-refractivity contribution in [2.75, 3.05) is 20.2 Å². The average molecular weight is 362 g/mol. The summed E-state index contributed by atoms with van der Waals surface area (Å²) in [6.45, 7) is 2.57. The van der Waals surface area contributed by atoms with Crippen LogP contribution in [0, 0.1) is 5.92 Å². The topological polar surface area (TPSA) is 12.5 Å². The monoisotopic (exact) mass is 361 g/mol. The van der Waals surface area contributed by atoms with Crippen LogP contribution in [0.2, 0.25) is 0 Å². The SMILES string of the molecule is COc1cccc([C@]23CCC[C@H](C2)N(C[C@H]2C[C@H]2c2ccccc2)CC3)c1. The first kappa shape index (κ1) is 17.3. The number of nitrogens with zero attached hydrogens (tertiary/aromatic N) is 1. The fourth-order valence-corrected chi connectivity index (χ4v) is 5.87. The lowest BCUT2D eigenvalue weighted by Crippen LogP contribution is -2.52. The molecule has 2 heteroatoms. The largest absolute Gasteiger partial charge is 0.497 e. The van der Waals surface area contributed by atoms with Gasteiger partial charge in [-0.1, -0.05) is 48.9 Å². The van der Waals surface area contributed by atoms with Gasteiger partial charge in [0.15, 0.2) is 0 Å². The number of hydrogen-bond donors (Lipinski definition) is 0. The molecule has 2 bridgehead atoms. The first-order valence-corrected chi connectivity index (χ1v) is 10.7. The summed E-state index contributed by atoms with van der Waals surface area (Å²) in [5.74, 6) is 2.69. The average Bonchev–Trinajstić information content (AvgIpc) is 3.50. The van der Waals surface area contributed by atoms with Crippen LogP contribution in [-0.2, 0) is 5.41 Å². The smallest absolute Gasteiger partial charge is 0.119 e. The normalized spacial score (nSPS) is 32.9. The summed E-state index contributed by atoms with van der Waals surface area (Å²) < 4.78 is 5.51. The van der Waals surface area contributed by atoms with Crippen LogP contribution in [-0.4, -0.2) is 31.1 Å². The van der Waals surface area contributed by atoms with Crippen molar-refractivity contribution < 1.29 is 4.74 Å². The van der Waals surface area contributed by atoms with E-state index in [-0.39, 0.29) is 0 Å². The Morgan fingerprint density at radius 2 is 1.96 bits per heavy atom. The van der Waals surface area contributed by atoms with E-state index in [2.05, 4.69) is 59.5 Å². The number of piperidine rings is 1. The highest BCUT2D eigenvalue weighted by Gasteiger charge is 2.46. The van der Waals surface area contributed by atoms with Gasteiger partial charge in [-0.05, 0) is 79.2 Å². The molecule has 3 aliphatic rings. The van der Waals surface area contributed by atoms with Gasteiger partial charge in [-0.25, -0.2) is 0 Å². The molecule has 2 nitrogen and oxygen atoms in total. The third kappa shape index (κ3) is 3.29. The van der Waals surface area contributed by atoms with Crippen LogP contribution in [0.1, 0.15) is 55.6 Å². The lowest BCUT2D eigenvalue weighted by molar-refractivity contribution is 0.0478. The molecule has 142 valence electrons. The van der Waals surface area contributed by atoms with Crippen molar-refractivity contribution in [1.82, 2.24) is 4.90 Å². The maximum Gasteiger partial charge on any atom is 0.119 e. The second-order valence-corrected chi connectivity index (χ2v) is 9.02. The maximum atomic E-state index is 5.51. The predicted molar refractivity (Wildman–Crippen MR) is 110 cm³/mol. The number of methoxy groups -OCH3 is 1. The molecule has 5 rings (SSSR count). The third-order valence-corrected chi connectivity index (χ3v) is 7.51. The Hall–Kier alpha value is -1.80. The molecular formula is C25H31NO. The summed E-state index contributed by atoms with van der Waals surface area (Å²) in [6, 6.07) is 20.8. The molecule has 3 fully saturated rings. The van der Waals surface area contributed by atoms with Gasteiger partial charge in [0.1, 0.15) is 5.75 Å². The van der Waals surface area contributed by atoms with Gasteiger partial charge in [0.2, 0.25) is 0 Å². The summed E-state index contributed by atoms with van der Waals surface area (Å²) in [7, 11) is 1.78. The fourth-order valence-electron chi connectivity index (χ4n) is 5.87. The molecule has 1 aliphatic heterocycles. The van der Waals surface area contributed by atoms with Crippen LogP contribution >= 0.6 is 0 Å². The van der Waals surface area contributed by atoms with E-state index < -0.39 is 0 Å². The Morgan fingerprint density at radius 1 is 1.07 bits per heavy atom. The summed E-state index contributed by atoms with van der Waals surface area (Å²) in [5.41, 5.74) is 3.45. The first-order valence-electron chi connectivity index (χ1n) is 10.7. The minimum Gasteiger partial charge on any atom is -0.497 e. The second-order valence-electron chi connectivity index (χ2n) is 9.02. The number of rotatable bonds is 5. The molecule has 0 radical (unpaired) electrons. The highest BCUT2D eigenvalue weighted by molar-refractivity contribution is 5.35. The minimum absolute atomic E-state index is 0.385. The molecule has 0 unspecified atom stereocenters. The van der Waals surface area contributed by atoms with E-state index in [1.807, 2.05) is 0 Å². The molecule has 2 aromatic carbocycles. The van der Waals surface area contributed by atoms with Crippen LogP contribution in [0.15, 0.2) is 54.6 Å². The quantitative estimate of drug-likeness (QED) is 0.708. The number of likely N-dealkylation sites (tertiary alicyclic amines) is 1. The van der Waals surface area contributed by atoms with Gasteiger partial charge < -0.3 is 9.64 Å². The van der Waals surface area contributed by atoms with Crippen LogP contribution < -0.4 is 4.74 Å². The molecule has 0 spiro atoms. The Kier molecular flexibility index (Phi) is 4.47. The Bertz CT molecular complexity index is 788. The van der Waals surface area contributed by atoms with Gasteiger partial charge >= 0.3 is 0 Å². The molecule has 0 aromatic heterocycles. The number of hydrogen-bond acceptors (Lipinski definition) is 2. The van der Waals surface area contributed by atoms with Crippen molar-refractivity contribution >= 4 is 0 Å². The van der Waals surface area contributed by atoms with Gasteiger partial charge in [-0.15, -0.1) is 0 Å². The van der Waals surface area contributed by atoms with Crippen LogP contribution in [0.5, 0.6) is 5.75 Å². The number of fused-ring (bicyclic) bond motifs is 2. The van der Waals surface area contributed by atoms with Gasteiger partial charge in [0.05, 0.1) is 7.11 Å². The highest BCUT2D eigenvalue weighted by Crippen LogP contribution is 2.51. The molecule has 2 aliphatic carbocycles. The zero-order valence-electron chi connectivity index (χ0n) is 16.4. The molecule has 27 heavy (non-hydrogen) atoms. The van der Waals surface area contributed by atoms with Crippen molar-refractivity contribution in [3.8, 4) is 5.75 Å².